The largest absolute Gasteiger partial charge is 0.508 e. The molecule has 0 radical (unpaired) electrons. The zero-order valence-electron chi connectivity index (χ0n) is 16.5. The SMILES string of the molecule is COc1cc(O)cc(N(CCOF)c2ccc3ncc(-c4cnn(C)c4)nc3c2)c1. The van der Waals surface area contributed by atoms with Gasteiger partial charge in [0.2, 0.25) is 0 Å². The fourth-order valence-corrected chi connectivity index (χ4v) is 3.24. The molecule has 9 heteroatoms. The van der Waals surface area contributed by atoms with E-state index in [0.29, 0.717) is 22.6 Å². The molecule has 30 heavy (non-hydrogen) atoms. The number of phenols is 1. The second-order valence-corrected chi connectivity index (χ2v) is 6.69. The molecular formula is C21H20FN5O3. The van der Waals surface area contributed by atoms with Crippen molar-refractivity contribution in [1.82, 2.24) is 19.7 Å². The number of aromatic hydroxyl groups is 1. The molecule has 0 bridgehead atoms. The van der Waals surface area contributed by atoms with Gasteiger partial charge >= 0.3 is 0 Å². The van der Waals surface area contributed by atoms with Gasteiger partial charge in [-0.05, 0) is 22.7 Å². The van der Waals surface area contributed by atoms with Crippen molar-refractivity contribution >= 4 is 22.4 Å². The van der Waals surface area contributed by atoms with Crippen molar-refractivity contribution in [3.05, 3.63) is 55.0 Å². The highest BCUT2D eigenvalue weighted by atomic mass is 19.3. The summed E-state index contributed by atoms with van der Waals surface area (Å²) in [5.41, 5.74) is 4.32. The predicted octanol–water partition coefficient (Wildman–Crippen LogP) is 3.78. The minimum atomic E-state index is -0.155. The first-order chi connectivity index (χ1) is 14.6. The molecule has 0 saturated carbocycles. The summed E-state index contributed by atoms with van der Waals surface area (Å²) in [6.07, 6.45) is 5.29. The molecule has 0 atom stereocenters. The average molecular weight is 409 g/mol. The van der Waals surface area contributed by atoms with Crippen LogP contribution in [0.15, 0.2) is 55.0 Å². The molecule has 4 rings (SSSR count). The number of ether oxygens (including phenoxy) is 1. The van der Waals surface area contributed by atoms with Crippen molar-refractivity contribution in [1.29, 1.82) is 0 Å². The van der Waals surface area contributed by atoms with Gasteiger partial charge in [0.05, 0.1) is 42.8 Å². The van der Waals surface area contributed by atoms with Gasteiger partial charge in [-0.15, -0.1) is 0 Å². The Morgan fingerprint density at radius 2 is 1.97 bits per heavy atom. The van der Waals surface area contributed by atoms with Crippen LogP contribution in [0.25, 0.3) is 22.3 Å². The lowest BCUT2D eigenvalue weighted by Gasteiger charge is -2.25. The Balaban J connectivity index is 1.78. The summed E-state index contributed by atoms with van der Waals surface area (Å²) in [7, 11) is 3.35. The van der Waals surface area contributed by atoms with Crippen molar-refractivity contribution in [2.75, 3.05) is 25.2 Å². The number of phenolic OH excluding ortho intramolecular Hbond substituents is 1. The van der Waals surface area contributed by atoms with E-state index in [0.717, 1.165) is 16.8 Å². The zero-order valence-corrected chi connectivity index (χ0v) is 16.5. The van der Waals surface area contributed by atoms with Crippen LogP contribution in [0.4, 0.5) is 15.9 Å². The topological polar surface area (TPSA) is 85.5 Å². The van der Waals surface area contributed by atoms with Gasteiger partial charge in [-0.25, -0.2) is 4.98 Å². The molecular weight excluding hydrogens is 389 g/mol. The summed E-state index contributed by atoms with van der Waals surface area (Å²) in [4.78, 5) is 14.8. The molecule has 0 saturated heterocycles. The summed E-state index contributed by atoms with van der Waals surface area (Å²) in [5, 5.41) is 14.2. The third-order valence-electron chi connectivity index (χ3n) is 4.65. The smallest absolute Gasteiger partial charge is 0.124 e. The minimum Gasteiger partial charge on any atom is -0.508 e. The number of rotatable bonds is 7. The van der Waals surface area contributed by atoms with Crippen LogP contribution in [0.5, 0.6) is 11.5 Å². The quantitative estimate of drug-likeness (QED) is 0.497. The highest BCUT2D eigenvalue weighted by molar-refractivity contribution is 5.82. The number of aromatic nitrogens is 4. The molecule has 154 valence electrons. The van der Waals surface area contributed by atoms with Gasteiger partial charge in [-0.1, -0.05) is 0 Å². The maximum atomic E-state index is 12.5. The van der Waals surface area contributed by atoms with E-state index in [2.05, 4.69) is 15.0 Å². The fraction of sp³-hybridized carbons (Fsp3) is 0.190. The van der Waals surface area contributed by atoms with Crippen LogP contribution in [0.1, 0.15) is 0 Å². The maximum absolute atomic E-state index is 12.5. The fourth-order valence-electron chi connectivity index (χ4n) is 3.24. The Kier molecular flexibility index (Phi) is 5.44. The number of anilines is 2. The third kappa shape index (κ3) is 4.01. The Labute approximate surface area is 172 Å². The first-order valence-corrected chi connectivity index (χ1v) is 9.22. The molecule has 0 spiro atoms. The number of benzene rings is 2. The summed E-state index contributed by atoms with van der Waals surface area (Å²) in [6.45, 7) is 0.0573. The number of hydrogen-bond donors (Lipinski definition) is 1. The second-order valence-electron chi connectivity index (χ2n) is 6.69. The Hall–Kier alpha value is -3.72. The maximum Gasteiger partial charge on any atom is 0.124 e. The van der Waals surface area contributed by atoms with E-state index < -0.39 is 0 Å². The highest BCUT2D eigenvalue weighted by Crippen LogP contribution is 2.33. The molecule has 8 nitrogen and oxygen atoms in total. The van der Waals surface area contributed by atoms with Crippen molar-refractivity contribution < 1.29 is 19.3 Å². The van der Waals surface area contributed by atoms with E-state index >= 15 is 0 Å². The first kappa shape index (κ1) is 19.6. The van der Waals surface area contributed by atoms with Gasteiger partial charge in [0.15, 0.2) is 0 Å². The van der Waals surface area contributed by atoms with E-state index in [1.54, 1.807) is 34.1 Å². The molecule has 2 aromatic carbocycles. The summed E-state index contributed by atoms with van der Waals surface area (Å²) >= 11 is 0. The standard InChI is InChI=1S/C21H20FN5O3/c1-26-13-14(11-24-26)21-12-23-19-4-3-15(9-20(19)25-21)27(5-6-30-22)16-7-17(28)10-18(8-16)29-2/h3-4,7-13,28H,5-6H2,1-2H3. The van der Waals surface area contributed by atoms with Crippen molar-refractivity contribution in [3.8, 4) is 22.8 Å². The monoisotopic (exact) mass is 409 g/mol. The van der Waals surface area contributed by atoms with Crippen LogP contribution in [0, 0.1) is 0 Å². The van der Waals surface area contributed by atoms with Gasteiger partial charge in [-0.2, -0.15) is 10.0 Å². The summed E-state index contributed by atoms with van der Waals surface area (Å²) in [5.74, 6) is 0.519. The average Bonchev–Trinajstić information content (AvgIpc) is 3.19. The molecule has 0 aliphatic heterocycles. The molecule has 1 N–H and O–H groups in total. The number of hydrogen-bond acceptors (Lipinski definition) is 7. The van der Waals surface area contributed by atoms with Crippen LogP contribution in [0.3, 0.4) is 0 Å². The lowest BCUT2D eigenvalue weighted by Crippen LogP contribution is -2.21. The van der Waals surface area contributed by atoms with Crippen molar-refractivity contribution in [2.45, 2.75) is 0 Å². The molecule has 2 aromatic heterocycles. The number of aryl methyl sites for hydroxylation is 1. The Bertz CT molecular complexity index is 1180. The predicted molar refractivity (Wildman–Crippen MR) is 110 cm³/mol. The van der Waals surface area contributed by atoms with Gasteiger partial charge in [0, 0.05) is 48.4 Å². The Morgan fingerprint density at radius 1 is 1.10 bits per heavy atom. The minimum absolute atomic E-state index is 0.0370. The third-order valence-corrected chi connectivity index (χ3v) is 4.65. The van der Waals surface area contributed by atoms with E-state index in [9.17, 15) is 9.63 Å². The van der Waals surface area contributed by atoms with Crippen LogP contribution < -0.4 is 9.64 Å². The van der Waals surface area contributed by atoms with E-state index in [1.807, 2.05) is 31.4 Å². The van der Waals surface area contributed by atoms with E-state index in [-0.39, 0.29) is 18.9 Å². The lowest BCUT2D eigenvalue weighted by atomic mass is 10.2. The highest BCUT2D eigenvalue weighted by Gasteiger charge is 2.14. The first-order valence-electron chi connectivity index (χ1n) is 9.22. The normalized spacial score (nSPS) is 11.0. The Morgan fingerprint density at radius 3 is 2.70 bits per heavy atom. The molecule has 0 aliphatic carbocycles. The lowest BCUT2D eigenvalue weighted by molar-refractivity contribution is -0.128. The second kappa shape index (κ2) is 8.34. The molecule has 0 unspecified atom stereocenters. The van der Waals surface area contributed by atoms with Gasteiger partial charge in [0.25, 0.3) is 0 Å². The van der Waals surface area contributed by atoms with Crippen LogP contribution in [-0.2, 0) is 12.0 Å². The summed E-state index contributed by atoms with van der Waals surface area (Å²) in [6, 6.07) is 10.4. The molecule has 2 heterocycles. The molecule has 0 aliphatic rings. The van der Waals surface area contributed by atoms with Gasteiger partial charge < -0.3 is 14.7 Å². The van der Waals surface area contributed by atoms with Gasteiger partial charge in [-0.3, -0.25) is 9.67 Å². The zero-order chi connectivity index (χ0) is 21.1. The molecule has 4 aromatic rings. The van der Waals surface area contributed by atoms with Crippen molar-refractivity contribution in [3.63, 3.8) is 0 Å². The summed E-state index contributed by atoms with van der Waals surface area (Å²) < 4.78 is 19.4. The van der Waals surface area contributed by atoms with E-state index in [1.165, 1.54) is 13.2 Å². The van der Waals surface area contributed by atoms with Crippen LogP contribution in [0.2, 0.25) is 0 Å². The van der Waals surface area contributed by atoms with Crippen LogP contribution >= 0.6 is 0 Å². The van der Waals surface area contributed by atoms with Crippen LogP contribution in [-0.4, -0.2) is 45.1 Å². The van der Waals surface area contributed by atoms with Crippen molar-refractivity contribution in [2.24, 2.45) is 7.05 Å². The number of fused-ring (bicyclic) bond motifs is 1. The number of nitrogens with zero attached hydrogens (tertiary/aromatic N) is 5. The van der Waals surface area contributed by atoms with E-state index in [4.69, 9.17) is 9.72 Å². The number of methoxy groups -OCH3 is 1. The number of halogens is 1. The van der Waals surface area contributed by atoms with Gasteiger partial charge in [0.1, 0.15) is 18.1 Å². The molecule has 0 fully saturated rings. The molecule has 0 amide bonds.